The van der Waals surface area contributed by atoms with Gasteiger partial charge in [-0.15, -0.1) is 0 Å². The van der Waals surface area contributed by atoms with Crippen LogP contribution < -0.4 is 0 Å². The molecule has 0 bridgehead atoms. The van der Waals surface area contributed by atoms with Crippen molar-refractivity contribution in [1.82, 2.24) is 15.1 Å². The Morgan fingerprint density at radius 1 is 0.960 bits per heavy atom. The molecule has 0 radical (unpaired) electrons. The fraction of sp³-hybridized carbons (Fsp3) is 0.571. The summed E-state index contributed by atoms with van der Waals surface area (Å²) in [6.45, 7) is 2.36. The van der Waals surface area contributed by atoms with E-state index >= 15 is 0 Å². The molecule has 25 heavy (non-hydrogen) atoms. The highest BCUT2D eigenvalue weighted by atomic mass is 19.1. The number of likely N-dealkylation sites (tertiary alicyclic amines) is 1. The average Bonchev–Trinajstić information content (AvgIpc) is 2.97. The summed E-state index contributed by atoms with van der Waals surface area (Å²) >= 11 is 0. The fourth-order valence-electron chi connectivity index (χ4n) is 4.66. The van der Waals surface area contributed by atoms with Gasteiger partial charge in [-0.1, -0.05) is 37.8 Å². The Hall–Kier alpha value is -1.68. The fourth-order valence-corrected chi connectivity index (χ4v) is 4.66. The molecular formula is C21H28FN3. The van der Waals surface area contributed by atoms with Gasteiger partial charge in [-0.05, 0) is 49.9 Å². The zero-order chi connectivity index (χ0) is 17.1. The third-order valence-corrected chi connectivity index (χ3v) is 6.03. The molecule has 1 aromatic heterocycles. The van der Waals surface area contributed by atoms with Gasteiger partial charge in [0, 0.05) is 29.8 Å². The molecule has 0 amide bonds. The van der Waals surface area contributed by atoms with E-state index in [1.165, 1.54) is 75.7 Å². The monoisotopic (exact) mass is 341 g/mol. The standard InChI is InChI=1S/C21H28FN3/c22-18-11-9-16(10-12-18)20-14-23-24-21(20)17-6-5-13-25(15-17)19-7-3-1-2-4-8-19/h9-12,14,17,19H,1-8,13,15H2,(H,23,24)/t17-/m0/s1. The van der Waals surface area contributed by atoms with Crippen LogP contribution in [-0.4, -0.2) is 34.2 Å². The maximum Gasteiger partial charge on any atom is 0.123 e. The predicted octanol–water partition coefficient (Wildman–Crippen LogP) is 5.12. The lowest BCUT2D eigenvalue weighted by atomic mass is 9.89. The summed E-state index contributed by atoms with van der Waals surface area (Å²) in [5.74, 6) is 0.311. The molecule has 134 valence electrons. The number of rotatable bonds is 3. The number of piperidine rings is 1. The quantitative estimate of drug-likeness (QED) is 0.786. The van der Waals surface area contributed by atoms with Gasteiger partial charge in [-0.3, -0.25) is 10.00 Å². The van der Waals surface area contributed by atoms with Gasteiger partial charge < -0.3 is 0 Å². The summed E-state index contributed by atoms with van der Waals surface area (Å²) in [5.41, 5.74) is 3.41. The first kappa shape index (κ1) is 16.8. The van der Waals surface area contributed by atoms with Gasteiger partial charge in [0.1, 0.15) is 5.82 Å². The molecule has 0 spiro atoms. The number of H-pyrrole nitrogens is 1. The van der Waals surface area contributed by atoms with Gasteiger partial charge in [0.15, 0.2) is 0 Å². The molecule has 2 aromatic rings. The number of nitrogens with one attached hydrogen (secondary N) is 1. The van der Waals surface area contributed by atoms with E-state index in [4.69, 9.17) is 0 Å². The number of aromatic nitrogens is 2. The highest BCUT2D eigenvalue weighted by Crippen LogP contribution is 2.35. The van der Waals surface area contributed by atoms with E-state index in [2.05, 4.69) is 15.1 Å². The van der Waals surface area contributed by atoms with E-state index in [9.17, 15) is 4.39 Å². The lowest BCUT2D eigenvalue weighted by molar-refractivity contribution is 0.134. The largest absolute Gasteiger partial charge is 0.300 e. The smallest absolute Gasteiger partial charge is 0.123 e. The molecule has 0 unspecified atom stereocenters. The van der Waals surface area contributed by atoms with E-state index in [0.29, 0.717) is 5.92 Å². The minimum Gasteiger partial charge on any atom is -0.300 e. The summed E-state index contributed by atoms with van der Waals surface area (Å²) in [5, 5.41) is 7.57. The lowest BCUT2D eigenvalue weighted by Gasteiger charge is -2.38. The molecule has 4 heteroatoms. The van der Waals surface area contributed by atoms with Gasteiger partial charge in [-0.25, -0.2) is 4.39 Å². The SMILES string of the molecule is Fc1ccc(-c2cn[nH]c2[C@H]2CCCN(C3CCCCCC3)C2)cc1. The lowest BCUT2D eigenvalue weighted by Crippen LogP contribution is -2.42. The van der Waals surface area contributed by atoms with E-state index in [1.807, 2.05) is 18.3 Å². The van der Waals surface area contributed by atoms with E-state index in [-0.39, 0.29) is 5.82 Å². The highest BCUT2D eigenvalue weighted by Gasteiger charge is 2.29. The highest BCUT2D eigenvalue weighted by molar-refractivity contribution is 5.65. The summed E-state index contributed by atoms with van der Waals surface area (Å²) in [4.78, 5) is 2.73. The molecular weight excluding hydrogens is 313 g/mol. The van der Waals surface area contributed by atoms with Crippen LogP contribution in [0.3, 0.4) is 0 Å². The van der Waals surface area contributed by atoms with E-state index in [0.717, 1.165) is 23.7 Å². The van der Waals surface area contributed by atoms with Crippen LogP contribution in [0, 0.1) is 5.82 Å². The van der Waals surface area contributed by atoms with Gasteiger partial charge in [0.2, 0.25) is 0 Å². The molecule has 1 saturated heterocycles. The van der Waals surface area contributed by atoms with Crippen molar-refractivity contribution in [1.29, 1.82) is 0 Å². The molecule has 2 aliphatic rings. The first-order valence-corrected chi connectivity index (χ1v) is 9.84. The first-order chi connectivity index (χ1) is 12.3. The van der Waals surface area contributed by atoms with Crippen molar-refractivity contribution in [3.63, 3.8) is 0 Å². The van der Waals surface area contributed by atoms with Crippen LogP contribution in [0.25, 0.3) is 11.1 Å². The molecule has 2 heterocycles. The van der Waals surface area contributed by atoms with Crippen molar-refractivity contribution in [2.45, 2.75) is 63.3 Å². The van der Waals surface area contributed by atoms with Crippen LogP contribution in [0.5, 0.6) is 0 Å². The summed E-state index contributed by atoms with van der Waals surface area (Å²) < 4.78 is 13.2. The molecule has 2 fully saturated rings. The van der Waals surface area contributed by atoms with Crippen molar-refractivity contribution in [3.8, 4) is 11.1 Å². The molecule has 1 atom stereocenters. The zero-order valence-electron chi connectivity index (χ0n) is 14.9. The maximum absolute atomic E-state index is 13.2. The topological polar surface area (TPSA) is 31.9 Å². The molecule has 1 N–H and O–H groups in total. The van der Waals surface area contributed by atoms with Gasteiger partial charge in [0.25, 0.3) is 0 Å². The van der Waals surface area contributed by atoms with Crippen LogP contribution in [0.2, 0.25) is 0 Å². The Labute approximate surface area is 149 Å². The molecule has 1 aliphatic heterocycles. The number of halogens is 1. The van der Waals surface area contributed by atoms with Crippen LogP contribution >= 0.6 is 0 Å². The molecule has 1 aliphatic carbocycles. The van der Waals surface area contributed by atoms with E-state index < -0.39 is 0 Å². The average molecular weight is 341 g/mol. The van der Waals surface area contributed by atoms with Crippen LogP contribution in [0.1, 0.15) is 63.0 Å². The summed E-state index contributed by atoms with van der Waals surface area (Å²) in [6, 6.07) is 7.54. The Balaban J connectivity index is 1.52. The van der Waals surface area contributed by atoms with Crippen molar-refractivity contribution >= 4 is 0 Å². The van der Waals surface area contributed by atoms with Crippen LogP contribution in [0.4, 0.5) is 4.39 Å². The summed E-state index contributed by atoms with van der Waals surface area (Å²) in [6.07, 6.45) is 12.7. The third-order valence-electron chi connectivity index (χ3n) is 6.03. The van der Waals surface area contributed by atoms with Gasteiger partial charge >= 0.3 is 0 Å². The van der Waals surface area contributed by atoms with E-state index in [1.54, 1.807) is 0 Å². The molecule has 3 nitrogen and oxygen atoms in total. The minimum atomic E-state index is -0.189. The second-order valence-corrected chi connectivity index (χ2v) is 7.68. The van der Waals surface area contributed by atoms with Gasteiger partial charge in [-0.2, -0.15) is 5.10 Å². The second kappa shape index (κ2) is 7.69. The normalized spacial score (nSPS) is 23.5. The number of benzene rings is 1. The number of hydrogen-bond donors (Lipinski definition) is 1. The van der Waals surface area contributed by atoms with Crippen molar-refractivity contribution in [3.05, 3.63) is 42.0 Å². The Bertz CT molecular complexity index is 671. The Morgan fingerprint density at radius 2 is 1.72 bits per heavy atom. The number of aromatic amines is 1. The third kappa shape index (κ3) is 3.79. The maximum atomic E-state index is 13.2. The van der Waals surface area contributed by atoms with Gasteiger partial charge in [0.05, 0.1) is 6.20 Å². The summed E-state index contributed by atoms with van der Waals surface area (Å²) in [7, 11) is 0. The Morgan fingerprint density at radius 3 is 2.48 bits per heavy atom. The van der Waals surface area contributed by atoms with Crippen molar-refractivity contribution in [2.24, 2.45) is 0 Å². The molecule has 1 saturated carbocycles. The van der Waals surface area contributed by atoms with Crippen LogP contribution in [0.15, 0.2) is 30.5 Å². The van der Waals surface area contributed by atoms with Crippen LogP contribution in [-0.2, 0) is 0 Å². The van der Waals surface area contributed by atoms with Crippen molar-refractivity contribution in [2.75, 3.05) is 13.1 Å². The molecule has 4 rings (SSSR count). The number of nitrogens with zero attached hydrogens (tertiary/aromatic N) is 2. The number of hydrogen-bond acceptors (Lipinski definition) is 2. The predicted molar refractivity (Wildman–Crippen MR) is 99.0 cm³/mol. The minimum absolute atomic E-state index is 0.189. The first-order valence-electron chi connectivity index (χ1n) is 9.84. The van der Waals surface area contributed by atoms with Crippen molar-refractivity contribution < 1.29 is 4.39 Å². The zero-order valence-corrected chi connectivity index (χ0v) is 14.9. The Kier molecular flexibility index (Phi) is 5.16. The molecule has 1 aromatic carbocycles. The second-order valence-electron chi connectivity index (χ2n) is 7.68.